The third-order valence-corrected chi connectivity index (χ3v) is 5.86. The van der Waals surface area contributed by atoms with Gasteiger partial charge in [0.25, 0.3) is 0 Å². The van der Waals surface area contributed by atoms with Gasteiger partial charge in [-0.2, -0.15) is 0 Å². The number of rotatable bonds is 1. The van der Waals surface area contributed by atoms with Crippen molar-refractivity contribution in [2.45, 2.75) is 63.7 Å². The lowest BCUT2D eigenvalue weighted by molar-refractivity contribution is 0.0695. The van der Waals surface area contributed by atoms with E-state index in [2.05, 4.69) is 6.07 Å². The van der Waals surface area contributed by atoms with Crippen LogP contribution in [0.1, 0.15) is 77.1 Å². The second-order valence-electron chi connectivity index (χ2n) is 6.80. The standard InChI is InChI=1S/C18H22O2/c19-18(20)17-10-16-12-7-3-4-11(12)8-9-15(16)13-5-1-2-6-14(13)17/h10-12H,1-9H2,(H,19,20)/t11-,12-/m1/s1. The molecule has 1 N–H and O–H groups in total. The molecular formula is C18H22O2. The van der Waals surface area contributed by atoms with Gasteiger partial charge in [-0.3, -0.25) is 0 Å². The molecule has 3 aliphatic carbocycles. The molecule has 4 rings (SSSR count). The van der Waals surface area contributed by atoms with Crippen LogP contribution in [0.3, 0.4) is 0 Å². The summed E-state index contributed by atoms with van der Waals surface area (Å²) in [6, 6.07) is 2.06. The van der Waals surface area contributed by atoms with Crippen molar-refractivity contribution in [1.82, 2.24) is 0 Å². The Morgan fingerprint density at radius 1 is 0.950 bits per heavy atom. The second-order valence-corrected chi connectivity index (χ2v) is 6.80. The Kier molecular flexibility index (Phi) is 2.87. The van der Waals surface area contributed by atoms with E-state index in [0.29, 0.717) is 11.5 Å². The molecule has 2 nitrogen and oxygen atoms in total. The van der Waals surface area contributed by atoms with Gasteiger partial charge in [0.15, 0.2) is 0 Å². The van der Waals surface area contributed by atoms with Crippen LogP contribution < -0.4 is 0 Å². The molecule has 0 spiro atoms. The molecule has 3 aliphatic rings. The lowest BCUT2D eigenvalue weighted by atomic mass is 9.71. The van der Waals surface area contributed by atoms with Crippen LogP contribution >= 0.6 is 0 Å². The van der Waals surface area contributed by atoms with Gasteiger partial charge in [-0.25, -0.2) is 4.79 Å². The quantitative estimate of drug-likeness (QED) is 0.834. The zero-order valence-electron chi connectivity index (χ0n) is 12.0. The first kappa shape index (κ1) is 12.4. The number of hydrogen-bond acceptors (Lipinski definition) is 1. The highest BCUT2D eigenvalue weighted by Gasteiger charge is 2.36. The lowest BCUT2D eigenvalue weighted by Crippen LogP contribution is -2.22. The smallest absolute Gasteiger partial charge is 0.335 e. The van der Waals surface area contributed by atoms with E-state index in [-0.39, 0.29) is 0 Å². The van der Waals surface area contributed by atoms with Crippen LogP contribution in [0, 0.1) is 5.92 Å². The van der Waals surface area contributed by atoms with Crippen molar-refractivity contribution < 1.29 is 9.90 Å². The maximum atomic E-state index is 11.7. The Bertz CT molecular complexity index is 573. The molecule has 0 aliphatic heterocycles. The highest BCUT2D eigenvalue weighted by molar-refractivity contribution is 5.90. The molecule has 0 radical (unpaired) electrons. The van der Waals surface area contributed by atoms with E-state index in [0.717, 1.165) is 25.2 Å². The number of hydrogen-bond donors (Lipinski definition) is 1. The zero-order valence-corrected chi connectivity index (χ0v) is 12.0. The molecule has 0 bridgehead atoms. The first-order valence-electron chi connectivity index (χ1n) is 8.16. The first-order chi connectivity index (χ1) is 9.75. The van der Waals surface area contributed by atoms with Gasteiger partial charge in [-0.05, 0) is 91.5 Å². The molecule has 1 saturated carbocycles. The monoisotopic (exact) mass is 270 g/mol. The number of aromatic carboxylic acids is 1. The molecule has 0 unspecified atom stereocenters. The summed E-state index contributed by atoms with van der Waals surface area (Å²) in [5, 5.41) is 9.58. The van der Waals surface area contributed by atoms with Gasteiger partial charge in [0, 0.05) is 0 Å². The molecule has 0 saturated heterocycles. The summed E-state index contributed by atoms with van der Waals surface area (Å²) in [6.07, 6.45) is 10.9. The van der Waals surface area contributed by atoms with Crippen LogP contribution in [0.15, 0.2) is 6.07 Å². The molecule has 20 heavy (non-hydrogen) atoms. The Morgan fingerprint density at radius 3 is 2.55 bits per heavy atom. The van der Waals surface area contributed by atoms with E-state index in [1.54, 1.807) is 5.56 Å². The minimum atomic E-state index is -0.717. The Labute approximate surface area is 120 Å². The summed E-state index contributed by atoms with van der Waals surface area (Å²) in [4.78, 5) is 11.7. The van der Waals surface area contributed by atoms with E-state index < -0.39 is 5.97 Å². The number of benzene rings is 1. The predicted octanol–water partition coefficient (Wildman–Crippen LogP) is 4.09. The van der Waals surface area contributed by atoms with Gasteiger partial charge in [0.05, 0.1) is 5.56 Å². The summed E-state index contributed by atoms with van der Waals surface area (Å²) in [7, 11) is 0. The molecule has 2 atom stereocenters. The van der Waals surface area contributed by atoms with Gasteiger partial charge in [-0.15, -0.1) is 0 Å². The van der Waals surface area contributed by atoms with Crippen LogP contribution in [0.4, 0.5) is 0 Å². The van der Waals surface area contributed by atoms with Gasteiger partial charge in [0.1, 0.15) is 0 Å². The van der Waals surface area contributed by atoms with Crippen LogP contribution in [-0.2, 0) is 19.3 Å². The fourth-order valence-electron chi connectivity index (χ4n) is 4.98. The highest BCUT2D eigenvalue weighted by Crippen LogP contribution is 2.49. The third kappa shape index (κ3) is 1.73. The molecule has 1 aromatic rings. The van der Waals surface area contributed by atoms with Crippen molar-refractivity contribution in [3.63, 3.8) is 0 Å². The molecule has 106 valence electrons. The molecular weight excluding hydrogens is 248 g/mol. The van der Waals surface area contributed by atoms with Crippen LogP contribution in [0.5, 0.6) is 0 Å². The predicted molar refractivity (Wildman–Crippen MR) is 78.4 cm³/mol. The van der Waals surface area contributed by atoms with Crippen molar-refractivity contribution in [2.24, 2.45) is 5.92 Å². The minimum Gasteiger partial charge on any atom is -0.478 e. The highest BCUT2D eigenvalue weighted by atomic mass is 16.4. The summed E-state index contributed by atoms with van der Waals surface area (Å²) in [5.74, 6) is 0.765. The van der Waals surface area contributed by atoms with Crippen molar-refractivity contribution >= 4 is 5.97 Å². The van der Waals surface area contributed by atoms with Crippen molar-refractivity contribution in [3.05, 3.63) is 33.9 Å². The van der Waals surface area contributed by atoms with Gasteiger partial charge >= 0.3 is 5.97 Å². The minimum absolute atomic E-state index is 0.617. The van der Waals surface area contributed by atoms with Crippen LogP contribution in [0.25, 0.3) is 0 Å². The maximum Gasteiger partial charge on any atom is 0.335 e. The van der Waals surface area contributed by atoms with Crippen molar-refractivity contribution in [3.8, 4) is 0 Å². The number of carboxylic acids is 1. The average molecular weight is 270 g/mol. The van der Waals surface area contributed by atoms with Crippen LogP contribution in [0.2, 0.25) is 0 Å². The zero-order chi connectivity index (χ0) is 13.7. The van der Waals surface area contributed by atoms with E-state index in [9.17, 15) is 9.90 Å². The normalized spacial score (nSPS) is 27.6. The van der Waals surface area contributed by atoms with Crippen molar-refractivity contribution in [1.29, 1.82) is 0 Å². The van der Waals surface area contributed by atoms with E-state index in [1.807, 2.05) is 0 Å². The third-order valence-electron chi connectivity index (χ3n) is 5.86. The van der Waals surface area contributed by atoms with E-state index in [4.69, 9.17) is 0 Å². The molecule has 0 amide bonds. The maximum absolute atomic E-state index is 11.7. The van der Waals surface area contributed by atoms with Gasteiger partial charge in [0.2, 0.25) is 0 Å². The van der Waals surface area contributed by atoms with Crippen LogP contribution in [-0.4, -0.2) is 11.1 Å². The topological polar surface area (TPSA) is 37.3 Å². The molecule has 1 fully saturated rings. The Balaban J connectivity index is 1.92. The van der Waals surface area contributed by atoms with Gasteiger partial charge < -0.3 is 5.11 Å². The van der Waals surface area contributed by atoms with Gasteiger partial charge in [-0.1, -0.05) is 6.42 Å². The number of fused-ring (bicyclic) bond motifs is 5. The summed E-state index contributed by atoms with van der Waals surface area (Å²) >= 11 is 0. The first-order valence-corrected chi connectivity index (χ1v) is 8.16. The van der Waals surface area contributed by atoms with Crippen molar-refractivity contribution in [2.75, 3.05) is 0 Å². The second kappa shape index (κ2) is 4.61. The number of carbonyl (C=O) groups is 1. The fraction of sp³-hybridized carbons (Fsp3) is 0.611. The average Bonchev–Trinajstić information content (AvgIpc) is 2.94. The summed E-state index contributed by atoms with van der Waals surface area (Å²) in [6.45, 7) is 0. The summed E-state index contributed by atoms with van der Waals surface area (Å²) in [5.41, 5.74) is 6.17. The van der Waals surface area contributed by atoms with E-state index in [1.165, 1.54) is 55.2 Å². The summed E-state index contributed by atoms with van der Waals surface area (Å²) < 4.78 is 0. The SMILES string of the molecule is O=C(O)c1cc2c(c3c1CCCC3)CC[C@H]1CCC[C@@H]21. The van der Waals surface area contributed by atoms with E-state index >= 15 is 0 Å². The molecule has 2 heteroatoms. The molecule has 0 aromatic heterocycles. The number of carboxylic acid groups (broad SMARTS) is 1. The fourth-order valence-corrected chi connectivity index (χ4v) is 4.98. The Morgan fingerprint density at radius 2 is 1.75 bits per heavy atom. The molecule has 1 aromatic carbocycles. The largest absolute Gasteiger partial charge is 0.478 e. The Hall–Kier alpha value is -1.31. The molecule has 0 heterocycles. The lowest BCUT2D eigenvalue weighted by Gasteiger charge is -2.33.